The zero-order valence-electron chi connectivity index (χ0n) is 8.48. The van der Waals surface area contributed by atoms with Crippen LogP contribution in [-0.4, -0.2) is 14.2 Å². The summed E-state index contributed by atoms with van der Waals surface area (Å²) in [5.74, 6) is 0.904. The maximum atomic E-state index is 4.38. The molecular formula is C11H15N3. The molecule has 0 spiro atoms. The van der Waals surface area contributed by atoms with Gasteiger partial charge in [0.2, 0.25) is 0 Å². The van der Waals surface area contributed by atoms with Gasteiger partial charge in [-0.3, -0.25) is 0 Å². The minimum absolute atomic E-state index is 0.904. The van der Waals surface area contributed by atoms with Crippen molar-refractivity contribution in [2.24, 2.45) is 5.92 Å². The van der Waals surface area contributed by atoms with Gasteiger partial charge in [-0.05, 0) is 25.7 Å². The molecule has 0 atom stereocenters. The molecular weight excluding hydrogens is 174 g/mol. The van der Waals surface area contributed by atoms with Crippen LogP contribution in [0.3, 0.4) is 0 Å². The molecule has 3 nitrogen and oxygen atoms in total. The molecule has 0 aromatic carbocycles. The number of imidazole rings is 1. The second kappa shape index (κ2) is 2.87. The Morgan fingerprint density at radius 1 is 1.43 bits per heavy atom. The molecule has 3 rings (SSSR count). The zero-order chi connectivity index (χ0) is 9.54. The quantitative estimate of drug-likeness (QED) is 0.710. The summed E-state index contributed by atoms with van der Waals surface area (Å²) in [6.07, 6.45) is 8.40. The van der Waals surface area contributed by atoms with Crippen molar-refractivity contribution in [1.82, 2.24) is 14.2 Å². The van der Waals surface area contributed by atoms with E-state index in [1.165, 1.54) is 31.5 Å². The molecule has 0 saturated heterocycles. The lowest BCUT2D eigenvalue weighted by Gasteiger charge is -2.25. The largest absolute Gasteiger partial charge is 0.331 e. The van der Waals surface area contributed by atoms with Crippen molar-refractivity contribution in [3.8, 4) is 0 Å². The van der Waals surface area contributed by atoms with Gasteiger partial charge in [-0.25, -0.2) is 4.52 Å². The van der Waals surface area contributed by atoms with Crippen LogP contribution in [0.15, 0.2) is 18.5 Å². The molecule has 1 aliphatic rings. The number of nitrogens with zero attached hydrogens (tertiary/aromatic N) is 3. The normalized spacial score (nSPS) is 17.5. The summed E-state index contributed by atoms with van der Waals surface area (Å²) in [6.45, 7) is 3.21. The van der Waals surface area contributed by atoms with Gasteiger partial charge in [-0.15, -0.1) is 0 Å². The lowest BCUT2D eigenvalue weighted by Crippen LogP contribution is -2.17. The van der Waals surface area contributed by atoms with E-state index in [0.717, 1.165) is 11.6 Å². The molecule has 0 radical (unpaired) electrons. The van der Waals surface area contributed by atoms with E-state index in [1.54, 1.807) is 0 Å². The number of aryl methyl sites for hydroxylation is 1. The summed E-state index contributed by atoms with van der Waals surface area (Å²) >= 11 is 0. The van der Waals surface area contributed by atoms with Crippen molar-refractivity contribution < 1.29 is 0 Å². The molecule has 14 heavy (non-hydrogen) atoms. The standard InChI is InChI=1S/C11H15N3/c1-9-7-11-13(5-6-14(11)12-9)8-10-3-2-4-10/h5-7,10H,2-4,8H2,1H3. The van der Waals surface area contributed by atoms with Gasteiger partial charge in [0, 0.05) is 25.0 Å². The summed E-state index contributed by atoms with van der Waals surface area (Å²) in [6, 6.07) is 2.15. The zero-order valence-corrected chi connectivity index (χ0v) is 8.48. The second-order valence-corrected chi connectivity index (χ2v) is 4.34. The van der Waals surface area contributed by atoms with E-state index in [9.17, 15) is 0 Å². The van der Waals surface area contributed by atoms with Crippen molar-refractivity contribution in [2.75, 3.05) is 0 Å². The van der Waals surface area contributed by atoms with E-state index < -0.39 is 0 Å². The number of hydrogen-bond donors (Lipinski definition) is 0. The Kier molecular flexibility index (Phi) is 1.66. The third-order valence-electron chi connectivity index (χ3n) is 3.20. The van der Waals surface area contributed by atoms with Crippen molar-refractivity contribution in [2.45, 2.75) is 32.7 Å². The van der Waals surface area contributed by atoms with E-state index in [2.05, 4.69) is 21.9 Å². The number of hydrogen-bond acceptors (Lipinski definition) is 1. The molecule has 2 aromatic heterocycles. The molecule has 0 unspecified atom stereocenters. The highest BCUT2D eigenvalue weighted by Crippen LogP contribution is 2.28. The maximum Gasteiger partial charge on any atom is 0.135 e. The highest BCUT2D eigenvalue weighted by Gasteiger charge is 2.18. The van der Waals surface area contributed by atoms with Gasteiger partial charge in [-0.2, -0.15) is 5.10 Å². The fraction of sp³-hybridized carbons (Fsp3) is 0.545. The predicted molar refractivity (Wildman–Crippen MR) is 55.3 cm³/mol. The van der Waals surface area contributed by atoms with E-state index in [4.69, 9.17) is 0 Å². The summed E-state index contributed by atoms with van der Waals surface area (Å²) in [5, 5.41) is 4.38. The van der Waals surface area contributed by atoms with Crippen LogP contribution < -0.4 is 0 Å². The monoisotopic (exact) mass is 189 g/mol. The highest BCUT2D eigenvalue weighted by atomic mass is 15.3. The van der Waals surface area contributed by atoms with Crippen LogP contribution in [0.5, 0.6) is 0 Å². The van der Waals surface area contributed by atoms with Gasteiger partial charge in [-0.1, -0.05) is 6.42 Å². The fourth-order valence-electron chi connectivity index (χ4n) is 2.16. The van der Waals surface area contributed by atoms with Crippen LogP contribution >= 0.6 is 0 Å². The SMILES string of the molecule is Cc1cc2n(CC3CCC3)ccn2n1. The average molecular weight is 189 g/mol. The molecule has 3 heteroatoms. The van der Waals surface area contributed by atoms with E-state index in [1.807, 2.05) is 17.6 Å². The summed E-state index contributed by atoms with van der Waals surface area (Å²) in [4.78, 5) is 0. The van der Waals surface area contributed by atoms with Crippen molar-refractivity contribution in [1.29, 1.82) is 0 Å². The Hall–Kier alpha value is -1.25. The second-order valence-electron chi connectivity index (χ2n) is 4.34. The lowest BCUT2D eigenvalue weighted by atomic mass is 9.85. The summed E-state index contributed by atoms with van der Waals surface area (Å²) in [7, 11) is 0. The lowest BCUT2D eigenvalue weighted by molar-refractivity contribution is 0.279. The third kappa shape index (κ3) is 1.15. The maximum absolute atomic E-state index is 4.38. The average Bonchev–Trinajstić information content (AvgIpc) is 2.57. The molecule has 0 amide bonds. The number of aromatic nitrogens is 3. The Balaban J connectivity index is 1.94. The Bertz CT molecular complexity index is 448. The van der Waals surface area contributed by atoms with Gasteiger partial charge in [0.25, 0.3) is 0 Å². The Morgan fingerprint density at radius 2 is 2.29 bits per heavy atom. The van der Waals surface area contributed by atoms with Gasteiger partial charge >= 0.3 is 0 Å². The first-order valence-corrected chi connectivity index (χ1v) is 5.34. The van der Waals surface area contributed by atoms with Crippen molar-refractivity contribution in [3.63, 3.8) is 0 Å². The summed E-state index contributed by atoms with van der Waals surface area (Å²) < 4.78 is 4.29. The van der Waals surface area contributed by atoms with Crippen molar-refractivity contribution >= 4 is 5.65 Å². The van der Waals surface area contributed by atoms with Crippen molar-refractivity contribution in [3.05, 3.63) is 24.2 Å². The Morgan fingerprint density at radius 3 is 3.00 bits per heavy atom. The molecule has 0 N–H and O–H groups in total. The topological polar surface area (TPSA) is 22.2 Å². The number of fused-ring (bicyclic) bond motifs is 1. The molecule has 2 heterocycles. The number of rotatable bonds is 2. The van der Waals surface area contributed by atoms with Gasteiger partial charge in [0.05, 0.1) is 5.69 Å². The first-order valence-electron chi connectivity index (χ1n) is 5.34. The van der Waals surface area contributed by atoms with Crippen LogP contribution in [0, 0.1) is 12.8 Å². The smallest absolute Gasteiger partial charge is 0.135 e. The van der Waals surface area contributed by atoms with Crippen LogP contribution in [0.25, 0.3) is 5.65 Å². The van der Waals surface area contributed by atoms with E-state index in [-0.39, 0.29) is 0 Å². The third-order valence-corrected chi connectivity index (χ3v) is 3.20. The van der Waals surface area contributed by atoms with E-state index >= 15 is 0 Å². The molecule has 1 fully saturated rings. The molecule has 2 aromatic rings. The minimum Gasteiger partial charge on any atom is -0.331 e. The van der Waals surface area contributed by atoms with Gasteiger partial charge in [0.1, 0.15) is 5.65 Å². The molecule has 0 aliphatic heterocycles. The van der Waals surface area contributed by atoms with Crippen LogP contribution in [0.4, 0.5) is 0 Å². The van der Waals surface area contributed by atoms with Crippen LogP contribution in [0.2, 0.25) is 0 Å². The van der Waals surface area contributed by atoms with Crippen LogP contribution in [-0.2, 0) is 6.54 Å². The fourth-order valence-corrected chi connectivity index (χ4v) is 2.16. The first kappa shape index (κ1) is 8.09. The van der Waals surface area contributed by atoms with Gasteiger partial charge < -0.3 is 4.57 Å². The molecule has 0 bridgehead atoms. The van der Waals surface area contributed by atoms with Crippen LogP contribution in [0.1, 0.15) is 25.0 Å². The van der Waals surface area contributed by atoms with E-state index in [0.29, 0.717) is 0 Å². The summed E-state index contributed by atoms with van der Waals surface area (Å²) in [5.41, 5.74) is 2.33. The minimum atomic E-state index is 0.904. The van der Waals surface area contributed by atoms with Gasteiger partial charge in [0.15, 0.2) is 0 Å². The molecule has 1 aliphatic carbocycles. The molecule has 1 saturated carbocycles. The Labute approximate surface area is 83.3 Å². The first-order chi connectivity index (χ1) is 6.83. The highest BCUT2D eigenvalue weighted by molar-refractivity contribution is 5.40. The molecule has 74 valence electrons. The predicted octanol–water partition coefficient (Wildman–Crippen LogP) is 2.24.